The summed E-state index contributed by atoms with van der Waals surface area (Å²) in [4.78, 5) is 28.6. The predicted octanol–water partition coefficient (Wildman–Crippen LogP) is 1.77. The summed E-state index contributed by atoms with van der Waals surface area (Å²) >= 11 is 0. The van der Waals surface area contributed by atoms with Crippen molar-refractivity contribution in [2.75, 3.05) is 29.4 Å². The molecule has 2 aliphatic rings. The number of carbonyl (C=O) groups is 2. The Kier molecular flexibility index (Phi) is 4.16. The molecule has 0 spiro atoms. The molecule has 1 aromatic rings. The van der Waals surface area contributed by atoms with E-state index in [0.717, 1.165) is 37.3 Å². The van der Waals surface area contributed by atoms with Crippen LogP contribution in [-0.2, 0) is 9.59 Å². The highest BCUT2D eigenvalue weighted by molar-refractivity contribution is 6.04. The molecule has 0 radical (unpaired) electrons. The van der Waals surface area contributed by atoms with Gasteiger partial charge in [0.25, 0.3) is 0 Å². The largest absolute Gasteiger partial charge is 0.317 e. The van der Waals surface area contributed by atoms with Crippen molar-refractivity contribution in [3.05, 3.63) is 24.3 Å². The summed E-state index contributed by atoms with van der Waals surface area (Å²) < 4.78 is 0. The monoisotopic (exact) mass is 301 g/mol. The van der Waals surface area contributed by atoms with E-state index < -0.39 is 0 Å². The van der Waals surface area contributed by atoms with Gasteiger partial charge in [0.15, 0.2) is 0 Å². The normalized spacial score (nSPS) is 22.4. The molecule has 1 saturated heterocycles. The highest BCUT2D eigenvalue weighted by atomic mass is 16.2. The Morgan fingerprint density at radius 2 is 1.77 bits per heavy atom. The average molecular weight is 301 g/mol. The summed E-state index contributed by atoms with van der Waals surface area (Å²) in [5.41, 5.74) is 1.70. The van der Waals surface area contributed by atoms with E-state index in [1.54, 1.807) is 11.8 Å². The summed E-state index contributed by atoms with van der Waals surface area (Å²) in [6, 6.07) is 7.71. The summed E-state index contributed by atoms with van der Waals surface area (Å²) in [6.45, 7) is 5.96. The molecule has 0 saturated carbocycles. The molecule has 0 aliphatic carbocycles. The summed E-state index contributed by atoms with van der Waals surface area (Å²) in [5.74, 6) is 0.309. The van der Waals surface area contributed by atoms with Crippen molar-refractivity contribution in [1.82, 2.24) is 5.32 Å². The number of hydrogen-bond donors (Lipinski definition) is 1. The standard InChI is InChI=1S/C17H23N3O2/c1-12-11-19(17(22)14-7-9-18-10-8-14)15-5-3-4-6-16(15)20(12)13(2)21/h3-6,12,14,18H,7-11H2,1-2H3/t12-/m0/s1. The number of anilines is 2. The molecule has 0 bridgehead atoms. The fourth-order valence-corrected chi connectivity index (χ4v) is 3.56. The highest BCUT2D eigenvalue weighted by Crippen LogP contribution is 2.36. The van der Waals surface area contributed by atoms with Crippen molar-refractivity contribution in [1.29, 1.82) is 0 Å². The topological polar surface area (TPSA) is 52.7 Å². The third-order valence-corrected chi connectivity index (χ3v) is 4.61. The Bertz CT molecular complexity index is 581. The molecule has 22 heavy (non-hydrogen) atoms. The number of rotatable bonds is 1. The average Bonchev–Trinajstić information content (AvgIpc) is 2.53. The van der Waals surface area contributed by atoms with Gasteiger partial charge in [0.2, 0.25) is 11.8 Å². The number of nitrogens with one attached hydrogen (secondary N) is 1. The number of fused-ring (bicyclic) bond motifs is 1. The second-order valence-corrected chi connectivity index (χ2v) is 6.20. The van der Waals surface area contributed by atoms with Gasteiger partial charge in [-0.3, -0.25) is 9.59 Å². The second kappa shape index (κ2) is 6.08. The lowest BCUT2D eigenvalue weighted by atomic mass is 9.95. The number of hydrogen-bond acceptors (Lipinski definition) is 3. The minimum absolute atomic E-state index is 0.00179. The van der Waals surface area contributed by atoms with Gasteiger partial charge >= 0.3 is 0 Å². The maximum Gasteiger partial charge on any atom is 0.230 e. The molecule has 3 rings (SSSR count). The lowest BCUT2D eigenvalue weighted by Crippen LogP contribution is -2.53. The number of benzene rings is 1. The first-order chi connectivity index (χ1) is 10.6. The summed E-state index contributed by atoms with van der Waals surface area (Å²) in [7, 11) is 0. The van der Waals surface area contributed by atoms with Gasteiger partial charge in [-0.15, -0.1) is 0 Å². The van der Waals surface area contributed by atoms with E-state index in [9.17, 15) is 9.59 Å². The van der Waals surface area contributed by atoms with Crippen molar-refractivity contribution in [2.24, 2.45) is 5.92 Å². The van der Waals surface area contributed by atoms with Gasteiger partial charge in [-0.1, -0.05) is 12.1 Å². The van der Waals surface area contributed by atoms with Crippen LogP contribution >= 0.6 is 0 Å². The molecular formula is C17H23N3O2. The smallest absolute Gasteiger partial charge is 0.230 e. The van der Waals surface area contributed by atoms with Crippen molar-refractivity contribution >= 4 is 23.2 Å². The Labute approximate surface area is 131 Å². The Morgan fingerprint density at radius 1 is 1.14 bits per heavy atom. The zero-order valence-electron chi connectivity index (χ0n) is 13.2. The lowest BCUT2D eigenvalue weighted by Gasteiger charge is -2.42. The fraction of sp³-hybridized carbons (Fsp3) is 0.529. The molecule has 1 atom stereocenters. The van der Waals surface area contributed by atoms with Gasteiger partial charge in [-0.2, -0.15) is 0 Å². The van der Waals surface area contributed by atoms with E-state index in [1.165, 1.54) is 0 Å². The SMILES string of the molecule is CC(=O)N1c2ccccc2N(C(=O)C2CCNCC2)C[C@@H]1C. The number of para-hydroxylation sites is 2. The molecule has 1 N–H and O–H groups in total. The number of nitrogens with zero attached hydrogens (tertiary/aromatic N) is 2. The van der Waals surface area contributed by atoms with Crippen molar-refractivity contribution in [3.8, 4) is 0 Å². The minimum atomic E-state index is -0.00179. The summed E-state index contributed by atoms with van der Waals surface area (Å²) in [6.07, 6.45) is 1.78. The van der Waals surface area contributed by atoms with Gasteiger partial charge in [-0.05, 0) is 45.0 Å². The first-order valence-corrected chi connectivity index (χ1v) is 8.00. The van der Waals surface area contributed by atoms with Crippen LogP contribution in [0.2, 0.25) is 0 Å². The molecule has 5 heteroatoms. The van der Waals surface area contributed by atoms with Crippen LogP contribution in [0.15, 0.2) is 24.3 Å². The Morgan fingerprint density at radius 3 is 2.41 bits per heavy atom. The molecule has 5 nitrogen and oxygen atoms in total. The first-order valence-electron chi connectivity index (χ1n) is 8.00. The van der Waals surface area contributed by atoms with Crippen LogP contribution in [0.25, 0.3) is 0 Å². The lowest BCUT2D eigenvalue weighted by molar-refractivity contribution is -0.123. The van der Waals surface area contributed by atoms with Crippen LogP contribution in [-0.4, -0.2) is 37.5 Å². The Balaban J connectivity index is 1.94. The van der Waals surface area contributed by atoms with E-state index in [0.29, 0.717) is 6.54 Å². The predicted molar refractivity (Wildman–Crippen MR) is 87.0 cm³/mol. The maximum absolute atomic E-state index is 12.9. The van der Waals surface area contributed by atoms with Gasteiger partial charge in [-0.25, -0.2) is 0 Å². The number of piperidine rings is 1. The molecular weight excluding hydrogens is 278 g/mol. The maximum atomic E-state index is 12.9. The minimum Gasteiger partial charge on any atom is -0.317 e. The van der Waals surface area contributed by atoms with Gasteiger partial charge in [0.05, 0.1) is 17.4 Å². The van der Waals surface area contributed by atoms with E-state index >= 15 is 0 Å². The van der Waals surface area contributed by atoms with Crippen LogP contribution in [0.3, 0.4) is 0 Å². The summed E-state index contributed by atoms with van der Waals surface area (Å²) in [5, 5.41) is 3.30. The molecule has 1 fully saturated rings. The fourth-order valence-electron chi connectivity index (χ4n) is 3.56. The van der Waals surface area contributed by atoms with Crippen LogP contribution in [0.5, 0.6) is 0 Å². The Hall–Kier alpha value is -1.88. The van der Waals surface area contributed by atoms with Crippen LogP contribution in [0.1, 0.15) is 26.7 Å². The van der Waals surface area contributed by atoms with Crippen LogP contribution < -0.4 is 15.1 Å². The molecule has 2 aliphatic heterocycles. The third-order valence-electron chi connectivity index (χ3n) is 4.61. The zero-order valence-corrected chi connectivity index (χ0v) is 13.2. The van der Waals surface area contributed by atoms with Gasteiger partial charge in [0.1, 0.15) is 0 Å². The molecule has 118 valence electrons. The number of carbonyl (C=O) groups excluding carboxylic acids is 2. The van der Waals surface area contributed by atoms with Crippen molar-refractivity contribution in [3.63, 3.8) is 0 Å². The van der Waals surface area contributed by atoms with E-state index in [2.05, 4.69) is 5.32 Å². The first kappa shape index (κ1) is 15.0. The molecule has 1 aromatic carbocycles. The molecule has 0 aromatic heterocycles. The second-order valence-electron chi connectivity index (χ2n) is 6.20. The number of amides is 2. The van der Waals surface area contributed by atoms with Crippen molar-refractivity contribution < 1.29 is 9.59 Å². The van der Waals surface area contributed by atoms with Crippen LogP contribution in [0, 0.1) is 5.92 Å². The van der Waals surface area contributed by atoms with E-state index in [1.807, 2.05) is 36.1 Å². The quantitative estimate of drug-likeness (QED) is 0.860. The van der Waals surface area contributed by atoms with Crippen LogP contribution in [0.4, 0.5) is 11.4 Å². The zero-order chi connectivity index (χ0) is 15.7. The van der Waals surface area contributed by atoms with Gasteiger partial charge < -0.3 is 15.1 Å². The molecule has 2 amide bonds. The highest BCUT2D eigenvalue weighted by Gasteiger charge is 2.35. The molecule has 0 unspecified atom stereocenters. The van der Waals surface area contributed by atoms with E-state index in [4.69, 9.17) is 0 Å². The third kappa shape index (κ3) is 2.61. The van der Waals surface area contributed by atoms with Gasteiger partial charge in [0, 0.05) is 19.4 Å². The van der Waals surface area contributed by atoms with Crippen molar-refractivity contribution in [2.45, 2.75) is 32.7 Å². The van der Waals surface area contributed by atoms with E-state index in [-0.39, 0.29) is 23.8 Å². The molecule has 2 heterocycles.